The van der Waals surface area contributed by atoms with Crippen molar-refractivity contribution in [1.82, 2.24) is 19.9 Å². The summed E-state index contributed by atoms with van der Waals surface area (Å²) in [5.74, 6) is 1.75. The van der Waals surface area contributed by atoms with Crippen LogP contribution in [0.25, 0.3) is 10.4 Å². The van der Waals surface area contributed by atoms with E-state index in [4.69, 9.17) is 0 Å². The normalized spacial score (nSPS) is 22.1. The van der Waals surface area contributed by atoms with Crippen LogP contribution in [-0.2, 0) is 0 Å². The number of benzene rings is 1. The quantitative estimate of drug-likeness (QED) is 0.485. The smallest absolute Gasteiger partial charge is 0.274 e. The number of nitrogens with zero attached hydrogens (tertiary/aromatic N) is 4. The molecular weight excluding hydrogens is 530 g/mol. The van der Waals surface area contributed by atoms with Gasteiger partial charge in [0.05, 0.1) is 20.4 Å². The number of nitrogens with one attached hydrogen (secondary N) is 1. The van der Waals surface area contributed by atoms with Crippen molar-refractivity contribution in [3.8, 4) is 10.4 Å². The second kappa shape index (κ2) is 8.01. The summed E-state index contributed by atoms with van der Waals surface area (Å²) >= 11 is 8.40. The highest BCUT2D eigenvalue weighted by Crippen LogP contribution is 2.50. The van der Waals surface area contributed by atoms with Crippen molar-refractivity contribution in [3.63, 3.8) is 0 Å². The maximum Gasteiger partial charge on any atom is 0.274 e. The maximum atomic E-state index is 13.5. The molecule has 0 spiro atoms. The lowest BCUT2D eigenvalue weighted by atomic mass is 10.1. The molecule has 3 aromatic rings. The van der Waals surface area contributed by atoms with E-state index in [0.717, 1.165) is 30.9 Å². The van der Waals surface area contributed by atoms with E-state index in [0.29, 0.717) is 30.0 Å². The van der Waals surface area contributed by atoms with Crippen molar-refractivity contribution < 1.29 is 4.79 Å². The summed E-state index contributed by atoms with van der Waals surface area (Å²) in [6.45, 7) is 3.40. The summed E-state index contributed by atoms with van der Waals surface area (Å²) in [6.07, 6.45) is 4.62. The number of thiazole rings is 1. The first-order valence-electron chi connectivity index (χ1n) is 9.75. The van der Waals surface area contributed by atoms with Gasteiger partial charge in [0.2, 0.25) is 5.95 Å². The maximum absolute atomic E-state index is 13.5. The summed E-state index contributed by atoms with van der Waals surface area (Å²) in [5, 5.41) is 4.21. The topological polar surface area (TPSA) is 71.0 Å². The number of hydrogen-bond donors (Lipinski definition) is 1. The van der Waals surface area contributed by atoms with Crippen LogP contribution in [0, 0.1) is 18.8 Å². The van der Waals surface area contributed by atoms with Crippen LogP contribution in [-0.4, -0.2) is 44.9 Å². The zero-order valence-corrected chi connectivity index (χ0v) is 20.2. The molecular formula is C21H19Br2N5OS. The molecule has 1 aromatic carbocycles. The minimum atomic E-state index is 0.0213. The number of piperidine rings is 1. The Morgan fingerprint density at radius 1 is 1.20 bits per heavy atom. The SMILES string of the molecule is Cc1nc(C(=O)N2C[C@@H]3CC3[C@H]2CNc2ncc(Br)cn2)c(-c2ccc(Br)cc2)s1. The second-order valence-electron chi connectivity index (χ2n) is 7.71. The Morgan fingerprint density at radius 3 is 2.67 bits per heavy atom. The molecule has 3 heterocycles. The largest absolute Gasteiger partial charge is 0.352 e. The van der Waals surface area contributed by atoms with Crippen LogP contribution in [0.3, 0.4) is 0 Å². The Kier molecular flexibility index (Phi) is 5.37. The van der Waals surface area contributed by atoms with Crippen LogP contribution < -0.4 is 5.32 Å². The van der Waals surface area contributed by atoms with Crippen molar-refractivity contribution in [1.29, 1.82) is 0 Å². The van der Waals surface area contributed by atoms with Crippen LogP contribution >= 0.6 is 43.2 Å². The van der Waals surface area contributed by atoms with Crippen LogP contribution in [0.5, 0.6) is 0 Å². The number of carbonyl (C=O) groups is 1. The van der Waals surface area contributed by atoms with Crippen LogP contribution in [0.1, 0.15) is 21.9 Å². The number of aromatic nitrogens is 3. The summed E-state index contributed by atoms with van der Waals surface area (Å²) < 4.78 is 1.86. The molecule has 1 N–H and O–H groups in total. The number of anilines is 1. The fraction of sp³-hybridized carbons (Fsp3) is 0.333. The Bertz CT molecular complexity index is 1090. The van der Waals surface area contributed by atoms with Crippen molar-refractivity contribution in [3.05, 3.63) is 56.3 Å². The summed E-state index contributed by atoms with van der Waals surface area (Å²) in [6, 6.07) is 8.18. The highest BCUT2D eigenvalue weighted by atomic mass is 79.9. The molecule has 1 aliphatic carbocycles. The van der Waals surface area contributed by atoms with Crippen LogP contribution in [0.4, 0.5) is 5.95 Å². The molecule has 3 atom stereocenters. The lowest BCUT2D eigenvalue weighted by Gasteiger charge is -2.27. The van der Waals surface area contributed by atoms with Gasteiger partial charge in [-0.15, -0.1) is 11.3 Å². The van der Waals surface area contributed by atoms with Crippen molar-refractivity contribution in [2.75, 3.05) is 18.4 Å². The third kappa shape index (κ3) is 3.90. The van der Waals surface area contributed by atoms with E-state index in [1.807, 2.05) is 36.1 Å². The monoisotopic (exact) mass is 547 g/mol. The molecule has 154 valence electrons. The number of amides is 1. The van der Waals surface area contributed by atoms with Gasteiger partial charge in [-0.1, -0.05) is 28.1 Å². The van der Waals surface area contributed by atoms with E-state index in [1.54, 1.807) is 23.7 Å². The number of aryl methyl sites for hydroxylation is 1. The second-order valence-corrected chi connectivity index (χ2v) is 10.7. The zero-order valence-electron chi connectivity index (χ0n) is 16.2. The number of halogens is 2. The molecule has 0 bridgehead atoms. The highest BCUT2D eigenvalue weighted by Gasteiger charge is 2.54. The first-order chi connectivity index (χ1) is 14.5. The summed E-state index contributed by atoms with van der Waals surface area (Å²) in [5.41, 5.74) is 1.58. The third-order valence-electron chi connectivity index (χ3n) is 5.70. The number of fused-ring (bicyclic) bond motifs is 1. The molecule has 2 aliphatic rings. The molecule has 1 amide bonds. The molecule has 1 saturated heterocycles. The number of rotatable bonds is 5. The van der Waals surface area contributed by atoms with E-state index in [1.165, 1.54) is 6.42 Å². The van der Waals surface area contributed by atoms with E-state index < -0.39 is 0 Å². The third-order valence-corrected chi connectivity index (χ3v) is 7.65. The Labute approximate surface area is 195 Å². The van der Waals surface area contributed by atoms with Gasteiger partial charge in [-0.2, -0.15) is 0 Å². The molecule has 2 fully saturated rings. The number of hydrogen-bond acceptors (Lipinski definition) is 6. The van der Waals surface area contributed by atoms with E-state index in [2.05, 4.69) is 52.1 Å². The molecule has 1 saturated carbocycles. The van der Waals surface area contributed by atoms with E-state index >= 15 is 0 Å². The zero-order chi connectivity index (χ0) is 20.8. The minimum absolute atomic E-state index is 0.0213. The minimum Gasteiger partial charge on any atom is -0.352 e. The first-order valence-corrected chi connectivity index (χ1v) is 12.2. The summed E-state index contributed by atoms with van der Waals surface area (Å²) in [7, 11) is 0. The van der Waals surface area contributed by atoms with Gasteiger partial charge in [0.25, 0.3) is 5.91 Å². The lowest BCUT2D eigenvalue weighted by Crippen LogP contribution is -2.42. The van der Waals surface area contributed by atoms with Gasteiger partial charge >= 0.3 is 0 Å². The number of likely N-dealkylation sites (tertiary alicyclic amines) is 1. The highest BCUT2D eigenvalue weighted by molar-refractivity contribution is 9.10. The van der Waals surface area contributed by atoms with Crippen molar-refractivity contribution in [2.24, 2.45) is 11.8 Å². The molecule has 5 rings (SSSR count). The van der Waals surface area contributed by atoms with Gasteiger partial charge in [-0.05, 0) is 58.8 Å². The summed E-state index contributed by atoms with van der Waals surface area (Å²) in [4.78, 5) is 29.7. The Hall–Kier alpha value is -1.84. The van der Waals surface area contributed by atoms with Crippen LogP contribution in [0.15, 0.2) is 45.6 Å². The van der Waals surface area contributed by atoms with E-state index in [9.17, 15) is 4.79 Å². The van der Waals surface area contributed by atoms with Gasteiger partial charge < -0.3 is 10.2 Å². The molecule has 6 nitrogen and oxygen atoms in total. The molecule has 2 aromatic heterocycles. The molecule has 0 radical (unpaired) electrons. The van der Waals surface area contributed by atoms with Gasteiger partial charge in [0, 0.05) is 30.0 Å². The predicted octanol–water partition coefficient (Wildman–Crippen LogP) is 5.01. The molecule has 1 aliphatic heterocycles. The molecule has 9 heteroatoms. The van der Waals surface area contributed by atoms with Gasteiger partial charge in [-0.3, -0.25) is 4.79 Å². The molecule has 1 unspecified atom stereocenters. The fourth-order valence-electron chi connectivity index (χ4n) is 4.17. The lowest BCUT2D eigenvalue weighted by molar-refractivity contribution is 0.0711. The average Bonchev–Trinajstić information content (AvgIpc) is 3.25. The van der Waals surface area contributed by atoms with Crippen molar-refractivity contribution in [2.45, 2.75) is 19.4 Å². The number of carbonyl (C=O) groups excluding carboxylic acids is 1. The Balaban J connectivity index is 1.38. The average molecular weight is 549 g/mol. The van der Waals surface area contributed by atoms with Gasteiger partial charge in [0.15, 0.2) is 0 Å². The van der Waals surface area contributed by atoms with Crippen molar-refractivity contribution >= 4 is 55.1 Å². The van der Waals surface area contributed by atoms with Crippen LogP contribution in [0.2, 0.25) is 0 Å². The Morgan fingerprint density at radius 2 is 1.93 bits per heavy atom. The standard InChI is InChI=1S/C21H19Br2N5OS/c1-11-27-18(19(30-11)12-2-4-14(22)5-3-12)20(29)28-10-13-6-16(13)17(28)9-26-21-24-7-15(23)8-25-21/h2-5,7-8,13,16-17H,6,9-10H2,1H3,(H,24,25,26)/t13-,16?,17+/m0/s1. The predicted molar refractivity (Wildman–Crippen MR) is 125 cm³/mol. The molecule has 30 heavy (non-hydrogen) atoms. The fourth-order valence-corrected chi connectivity index (χ4v) is 5.56. The van der Waals surface area contributed by atoms with Gasteiger partial charge in [-0.25, -0.2) is 15.0 Å². The van der Waals surface area contributed by atoms with E-state index in [-0.39, 0.29) is 11.9 Å². The first kappa shape index (κ1) is 20.1. The van der Waals surface area contributed by atoms with Gasteiger partial charge in [0.1, 0.15) is 5.69 Å².